The summed E-state index contributed by atoms with van der Waals surface area (Å²) in [6.07, 6.45) is 5.59. The zero-order chi connectivity index (χ0) is 14.4. The summed E-state index contributed by atoms with van der Waals surface area (Å²) >= 11 is 3.30. The molecule has 1 N–H and O–H groups in total. The first-order valence-corrected chi connectivity index (χ1v) is 7.66. The Bertz CT molecular complexity index is 467. The summed E-state index contributed by atoms with van der Waals surface area (Å²) in [6, 6.07) is 7.08. The first-order chi connectivity index (χ1) is 9.65. The van der Waals surface area contributed by atoms with E-state index in [1.165, 1.54) is 6.42 Å². The van der Waals surface area contributed by atoms with E-state index in [1.807, 2.05) is 0 Å². The SMILES string of the molecule is O=C(COC(=O)c1ccc(Br)cc1)NC1CCCCC1. The van der Waals surface area contributed by atoms with Crippen molar-refractivity contribution in [3.05, 3.63) is 34.3 Å². The molecule has 1 aliphatic rings. The molecule has 0 heterocycles. The first-order valence-electron chi connectivity index (χ1n) is 6.87. The van der Waals surface area contributed by atoms with Crippen LogP contribution in [-0.2, 0) is 9.53 Å². The van der Waals surface area contributed by atoms with E-state index in [0.717, 1.165) is 30.2 Å². The molecule has 0 aromatic heterocycles. The van der Waals surface area contributed by atoms with Gasteiger partial charge in [-0.15, -0.1) is 0 Å². The van der Waals surface area contributed by atoms with E-state index in [0.29, 0.717) is 5.56 Å². The summed E-state index contributed by atoms with van der Waals surface area (Å²) in [5.74, 6) is -0.696. The van der Waals surface area contributed by atoms with Crippen molar-refractivity contribution in [3.63, 3.8) is 0 Å². The van der Waals surface area contributed by atoms with Crippen molar-refractivity contribution in [2.45, 2.75) is 38.1 Å². The predicted octanol–water partition coefficient (Wildman–Crippen LogP) is 3.05. The van der Waals surface area contributed by atoms with Crippen molar-refractivity contribution in [2.75, 3.05) is 6.61 Å². The number of amides is 1. The van der Waals surface area contributed by atoms with Crippen LogP contribution in [0.1, 0.15) is 42.5 Å². The predicted molar refractivity (Wildman–Crippen MR) is 79.4 cm³/mol. The highest BCUT2D eigenvalue weighted by Crippen LogP contribution is 2.17. The van der Waals surface area contributed by atoms with Crippen molar-refractivity contribution in [1.29, 1.82) is 0 Å². The van der Waals surface area contributed by atoms with Crippen LogP contribution in [0.5, 0.6) is 0 Å². The molecule has 1 aliphatic carbocycles. The van der Waals surface area contributed by atoms with Gasteiger partial charge in [0.15, 0.2) is 6.61 Å². The molecular formula is C15H18BrNO3. The lowest BCUT2D eigenvalue weighted by Crippen LogP contribution is -2.38. The molecule has 108 valence electrons. The number of nitrogens with one attached hydrogen (secondary N) is 1. The molecule has 1 aromatic rings. The minimum absolute atomic E-state index is 0.217. The molecule has 0 spiro atoms. The van der Waals surface area contributed by atoms with Crippen molar-refractivity contribution >= 4 is 27.8 Å². The third-order valence-electron chi connectivity index (χ3n) is 3.38. The Balaban J connectivity index is 1.75. The number of ether oxygens (including phenoxy) is 1. The third-order valence-corrected chi connectivity index (χ3v) is 3.91. The molecule has 5 heteroatoms. The number of halogens is 1. The quantitative estimate of drug-likeness (QED) is 0.857. The Morgan fingerprint density at radius 1 is 1.15 bits per heavy atom. The zero-order valence-corrected chi connectivity index (χ0v) is 12.8. The fourth-order valence-electron chi connectivity index (χ4n) is 2.32. The number of hydrogen-bond acceptors (Lipinski definition) is 3. The van der Waals surface area contributed by atoms with E-state index in [9.17, 15) is 9.59 Å². The lowest BCUT2D eigenvalue weighted by molar-refractivity contribution is -0.125. The summed E-state index contributed by atoms with van der Waals surface area (Å²) in [4.78, 5) is 23.4. The van der Waals surface area contributed by atoms with Crippen LogP contribution in [-0.4, -0.2) is 24.5 Å². The smallest absolute Gasteiger partial charge is 0.338 e. The van der Waals surface area contributed by atoms with Gasteiger partial charge in [0.05, 0.1) is 5.56 Å². The lowest BCUT2D eigenvalue weighted by atomic mass is 9.95. The van der Waals surface area contributed by atoms with Gasteiger partial charge in [-0.2, -0.15) is 0 Å². The largest absolute Gasteiger partial charge is 0.452 e. The molecule has 0 atom stereocenters. The fourth-order valence-corrected chi connectivity index (χ4v) is 2.58. The minimum Gasteiger partial charge on any atom is -0.452 e. The maximum Gasteiger partial charge on any atom is 0.338 e. The van der Waals surface area contributed by atoms with Gasteiger partial charge in [-0.25, -0.2) is 4.79 Å². The van der Waals surface area contributed by atoms with E-state index in [1.54, 1.807) is 24.3 Å². The lowest BCUT2D eigenvalue weighted by Gasteiger charge is -2.22. The van der Waals surface area contributed by atoms with Gasteiger partial charge < -0.3 is 10.1 Å². The van der Waals surface area contributed by atoms with Gasteiger partial charge in [-0.05, 0) is 37.1 Å². The Morgan fingerprint density at radius 2 is 1.80 bits per heavy atom. The summed E-state index contributed by atoms with van der Waals surface area (Å²) in [5.41, 5.74) is 0.443. The molecule has 0 unspecified atom stereocenters. The van der Waals surface area contributed by atoms with Crippen LogP contribution in [0.2, 0.25) is 0 Å². The molecule has 1 fully saturated rings. The Morgan fingerprint density at radius 3 is 2.45 bits per heavy atom. The van der Waals surface area contributed by atoms with Crippen LogP contribution >= 0.6 is 15.9 Å². The van der Waals surface area contributed by atoms with Gasteiger partial charge in [0.25, 0.3) is 5.91 Å². The van der Waals surface area contributed by atoms with Crippen LogP contribution in [0, 0.1) is 0 Å². The Hall–Kier alpha value is -1.36. The number of carbonyl (C=O) groups is 2. The monoisotopic (exact) mass is 339 g/mol. The molecule has 0 saturated heterocycles. The maximum atomic E-state index is 11.7. The van der Waals surface area contributed by atoms with E-state index in [-0.39, 0.29) is 18.6 Å². The first kappa shape index (κ1) is 15.0. The van der Waals surface area contributed by atoms with E-state index in [2.05, 4.69) is 21.2 Å². The number of hydrogen-bond donors (Lipinski definition) is 1. The highest BCUT2D eigenvalue weighted by atomic mass is 79.9. The maximum absolute atomic E-state index is 11.7. The topological polar surface area (TPSA) is 55.4 Å². The van der Waals surface area contributed by atoms with Gasteiger partial charge in [0.1, 0.15) is 0 Å². The molecule has 20 heavy (non-hydrogen) atoms. The summed E-state index contributed by atoms with van der Waals surface area (Å²) in [5, 5.41) is 2.91. The summed E-state index contributed by atoms with van der Waals surface area (Å²) in [6.45, 7) is -0.217. The van der Waals surface area contributed by atoms with Gasteiger partial charge in [0, 0.05) is 10.5 Å². The van der Waals surface area contributed by atoms with Crippen molar-refractivity contribution < 1.29 is 14.3 Å². The summed E-state index contributed by atoms with van der Waals surface area (Å²) in [7, 11) is 0. The van der Waals surface area contributed by atoms with Crippen LogP contribution in [0.3, 0.4) is 0 Å². The molecule has 1 saturated carbocycles. The molecule has 1 aromatic carbocycles. The van der Waals surface area contributed by atoms with E-state index >= 15 is 0 Å². The average molecular weight is 340 g/mol. The van der Waals surface area contributed by atoms with Gasteiger partial charge in [0.2, 0.25) is 0 Å². The van der Waals surface area contributed by atoms with Gasteiger partial charge >= 0.3 is 5.97 Å². The molecule has 0 bridgehead atoms. The van der Waals surface area contributed by atoms with Crippen molar-refractivity contribution in [3.8, 4) is 0 Å². The molecule has 2 rings (SSSR count). The highest BCUT2D eigenvalue weighted by molar-refractivity contribution is 9.10. The number of esters is 1. The molecule has 1 amide bonds. The van der Waals surface area contributed by atoms with Crippen LogP contribution in [0.25, 0.3) is 0 Å². The van der Waals surface area contributed by atoms with Gasteiger partial charge in [-0.3, -0.25) is 4.79 Å². The number of benzene rings is 1. The fraction of sp³-hybridized carbons (Fsp3) is 0.467. The van der Waals surface area contributed by atoms with Crippen molar-refractivity contribution in [2.24, 2.45) is 0 Å². The molecule has 0 aliphatic heterocycles. The van der Waals surface area contributed by atoms with Crippen molar-refractivity contribution in [1.82, 2.24) is 5.32 Å². The molecule has 4 nitrogen and oxygen atoms in total. The van der Waals surface area contributed by atoms with Crippen LogP contribution < -0.4 is 5.32 Å². The van der Waals surface area contributed by atoms with E-state index < -0.39 is 5.97 Å². The zero-order valence-electron chi connectivity index (χ0n) is 11.2. The number of rotatable bonds is 4. The highest BCUT2D eigenvalue weighted by Gasteiger charge is 2.16. The minimum atomic E-state index is -0.476. The average Bonchev–Trinajstić information content (AvgIpc) is 2.46. The number of carbonyl (C=O) groups excluding carboxylic acids is 2. The molecule has 0 radical (unpaired) electrons. The van der Waals surface area contributed by atoms with Crippen LogP contribution in [0.15, 0.2) is 28.7 Å². The molecular weight excluding hydrogens is 322 g/mol. The van der Waals surface area contributed by atoms with Crippen LogP contribution in [0.4, 0.5) is 0 Å². The second-order valence-electron chi connectivity index (χ2n) is 4.99. The second-order valence-corrected chi connectivity index (χ2v) is 5.90. The Kier molecular flexibility index (Phi) is 5.59. The van der Waals surface area contributed by atoms with E-state index in [4.69, 9.17) is 4.74 Å². The second kappa shape index (κ2) is 7.43. The third kappa shape index (κ3) is 4.63. The standard InChI is InChI=1S/C15H18BrNO3/c16-12-8-6-11(7-9-12)15(19)20-10-14(18)17-13-4-2-1-3-5-13/h6-9,13H,1-5,10H2,(H,17,18). The Labute approximate surface area is 127 Å². The summed E-state index contributed by atoms with van der Waals surface area (Å²) < 4.78 is 5.90. The normalized spacial score (nSPS) is 15.7. The van der Waals surface area contributed by atoms with Gasteiger partial charge in [-0.1, -0.05) is 35.2 Å².